The predicted molar refractivity (Wildman–Crippen MR) is 110 cm³/mol. The average molecular weight is 389 g/mol. The summed E-state index contributed by atoms with van der Waals surface area (Å²) in [5, 5.41) is 5.56. The van der Waals surface area contributed by atoms with Crippen LogP contribution >= 0.6 is 0 Å². The van der Waals surface area contributed by atoms with Crippen LogP contribution in [0.5, 0.6) is 5.75 Å². The van der Waals surface area contributed by atoms with Crippen LogP contribution < -0.4 is 20.3 Å². The number of hydrogen-bond donors (Lipinski definition) is 2. The highest BCUT2D eigenvalue weighted by molar-refractivity contribution is 6.35. The summed E-state index contributed by atoms with van der Waals surface area (Å²) in [4.78, 5) is 28.5. The second-order valence-corrected chi connectivity index (χ2v) is 7.56. The monoisotopic (exact) mass is 388 g/mol. The van der Waals surface area contributed by atoms with Gasteiger partial charge in [0.25, 0.3) is 0 Å². The van der Waals surface area contributed by atoms with Crippen molar-refractivity contribution in [3.05, 3.63) is 24.3 Å². The minimum atomic E-state index is -0.507. The number of methoxy groups -OCH3 is 1. The first kappa shape index (κ1) is 20.5. The molecule has 3 rings (SSSR count). The van der Waals surface area contributed by atoms with Gasteiger partial charge in [-0.25, -0.2) is 0 Å². The van der Waals surface area contributed by atoms with Gasteiger partial charge in [0, 0.05) is 38.8 Å². The highest BCUT2D eigenvalue weighted by atomic mass is 16.5. The van der Waals surface area contributed by atoms with Crippen LogP contribution in [0.3, 0.4) is 0 Å². The predicted octanol–water partition coefficient (Wildman–Crippen LogP) is 1.38. The van der Waals surface area contributed by atoms with Gasteiger partial charge in [0.2, 0.25) is 0 Å². The fourth-order valence-electron chi connectivity index (χ4n) is 4.01. The molecule has 0 spiro atoms. The molecule has 0 aromatic heterocycles. The number of nitrogens with one attached hydrogen (secondary N) is 2. The molecule has 1 aromatic carbocycles. The normalized spacial score (nSPS) is 18.1. The van der Waals surface area contributed by atoms with Gasteiger partial charge in [-0.1, -0.05) is 25.0 Å². The summed E-state index contributed by atoms with van der Waals surface area (Å²) < 4.78 is 5.46. The molecule has 1 aliphatic carbocycles. The molecule has 7 heteroatoms. The number of benzene rings is 1. The van der Waals surface area contributed by atoms with Crippen LogP contribution in [0.4, 0.5) is 5.69 Å². The van der Waals surface area contributed by atoms with Gasteiger partial charge in [0.05, 0.1) is 12.8 Å². The summed E-state index contributed by atoms with van der Waals surface area (Å²) >= 11 is 0. The lowest BCUT2D eigenvalue weighted by molar-refractivity contribution is -0.139. The van der Waals surface area contributed by atoms with E-state index in [2.05, 4.69) is 26.5 Å². The summed E-state index contributed by atoms with van der Waals surface area (Å²) in [6, 6.07) is 8.29. The molecule has 2 aliphatic rings. The third-order valence-corrected chi connectivity index (χ3v) is 5.63. The number of carbonyl (C=O) groups is 2. The lowest BCUT2D eigenvalue weighted by Gasteiger charge is -2.36. The van der Waals surface area contributed by atoms with Crippen molar-refractivity contribution < 1.29 is 14.3 Å². The Kier molecular flexibility index (Phi) is 7.54. The van der Waals surface area contributed by atoms with E-state index < -0.39 is 11.8 Å². The molecule has 0 radical (unpaired) electrons. The molecule has 154 valence electrons. The maximum absolute atomic E-state index is 11.9. The summed E-state index contributed by atoms with van der Waals surface area (Å²) in [5.74, 6) is -0.0836. The van der Waals surface area contributed by atoms with Crippen LogP contribution in [0.15, 0.2) is 24.3 Å². The minimum absolute atomic E-state index is 0.179. The molecule has 2 fully saturated rings. The first-order valence-electron chi connectivity index (χ1n) is 10.4. The summed E-state index contributed by atoms with van der Waals surface area (Å²) in [5.41, 5.74) is 1.14. The molecular formula is C21H32N4O3. The van der Waals surface area contributed by atoms with Gasteiger partial charge >= 0.3 is 11.8 Å². The summed E-state index contributed by atoms with van der Waals surface area (Å²) in [7, 11) is 1.71. The fraction of sp³-hybridized carbons (Fsp3) is 0.619. The molecule has 0 unspecified atom stereocenters. The Hall–Kier alpha value is -2.28. The van der Waals surface area contributed by atoms with Gasteiger partial charge in [-0.15, -0.1) is 0 Å². The van der Waals surface area contributed by atoms with Crippen molar-refractivity contribution in [1.29, 1.82) is 0 Å². The maximum Gasteiger partial charge on any atom is 0.309 e. The van der Waals surface area contributed by atoms with Crippen molar-refractivity contribution >= 4 is 17.5 Å². The van der Waals surface area contributed by atoms with E-state index in [1.165, 1.54) is 0 Å². The third-order valence-electron chi connectivity index (χ3n) is 5.63. The number of amides is 2. The molecule has 7 nitrogen and oxygen atoms in total. The Morgan fingerprint density at radius 3 is 2.50 bits per heavy atom. The second-order valence-electron chi connectivity index (χ2n) is 7.56. The Bertz CT molecular complexity index is 653. The van der Waals surface area contributed by atoms with Crippen LogP contribution in [-0.2, 0) is 9.59 Å². The third kappa shape index (κ3) is 5.61. The fourth-order valence-corrected chi connectivity index (χ4v) is 4.01. The standard InChI is InChI=1S/C21H32N4O3/c1-28-19-10-5-4-9-18(19)25-15-13-24(14-16-25)12-6-11-22-20(26)21(27)23-17-7-2-3-8-17/h4-5,9-10,17H,2-3,6-8,11-16H2,1H3,(H,22,26)(H,23,27). The molecule has 2 amide bonds. The summed E-state index contributed by atoms with van der Waals surface area (Å²) in [6.45, 7) is 5.32. The highest BCUT2D eigenvalue weighted by Crippen LogP contribution is 2.28. The number of nitrogens with zero attached hydrogens (tertiary/aromatic N) is 2. The van der Waals surface area contributed by atoms with E-state index in [1.807, 2.05) is 18.2 Å². The maximum atomic E-state index is 11.9. The lowest BCUT2D eigenvalue weighted by Crippen LogP contribution is -2.47. The number of rotatable bonds is 7. The van der Waals surface area contributed by atoms with Crippen LogP contribution in [0.1, 0.15) is 32.1 Å². The zero-order valence-electron chi connectivity index (χ0n) is 16.8. The lowest BCUT2D eigenvalue weighted by atomic mass is 10.2. The van der Waals surface area contributed by atoms with Gasteiger partial charge in [-0.05, 0) is 37.9 Å². The van der Waals surface area contributed by atoms with E-state index in [4.69, 9.17) is 4.74 Å². The van der Waals surface area contributed by atoms with Crippen LogP contribution in [-0.4, -0.2) is 69.1 Å². The molecule has 1 aromatic rings. The van der Waals surface area contributed by atoms with E-state index in [0.717, 1.165) is 76.3 Å². The molecule has 2 N–H and O–H groups in total. The molecule has 1 aliphatic heterocycles. The Balaban J connectivity index is 1.31. The number of carbonyl (C=O) groups excluding carboxylic acids is 2. The van der Waals surface area contributed by atoms with Gasteiger partial charge in [-0.3, -0.25) is 14.5 Å². The highest BCUT2D eigenvalue weighted by Gasteiger charge is 2.22. The molecule has 1 heterocycles. The minimum Gasteiger partial charge on any atom is -0.495 e. The van der Waals surface area contributed by atoms with E-state index in [0.29, 0.717) is 6.54 Å². The summed E-state index contributed by atoms with van der Waals surface area (Å²) in [6.07, 6.45) is 5.09. The first-order valence-corrected chi connectivity index (χ1v) is 10.4. The Morgan fingerprint density at radius 1 is 1.07 bits per heavy atom. The molecule has 0 atom stereocenters. The number of ether oxygens (including phenoxy) is 1. The number of para-hydroxylation sites is 2. The average Bonchev–Trinajstić information content (AvgIpc) is 3.24. The van der Waals surface area contributed by atoms with Crippen molar-refractivity contribution in [2.75, 3.05) is 51.3 Å². The molecular weight excluding hydrogens is 356 g/mol. The number of piperazine rings is 1. The van der Waals surface area contributed by atoms with E-state index in [-0.39, 0.29) is 6.04 Å². The van der Waals surface area contributed by atoms with Crippen molar-refractivity contribution in [1.82, 2.24) is 15.5 Å². The molecule has 1 saturated heterocycles. The largest absolute Gasteiger partial charge is 0.495 e. The quantitative estimate of drug-likeness (QED) is 0.545. The smallest absolute Gasteiger partial charge is 0.309 e. The number of anilines is 1. The van der Waals surface area contributed by atoms with E-state index >= 15 is 0 Å². The van der Waals surface area contributed by atoms with E-state index in [9.17, 15) is 9.59 Å². The van der Waals surface area contributed by atoms with Gasteiger partial charge in [0.15, 0.2) is 0 Å². The molecule has 1 saturated carbocycles. The van der Waals surface area contributed by atoms with Crippen molar-refractivity contribution in [2.45, 2.75) is 38.1 Å². The van der Waals surface area contributed by atoms with Crippen LogP contribution in [0, 0.1) is 0 Å². The van der Waals surface area contributed by atoms with Crippen molar-refractivity contribution in [2.24, 2.45) is 0 Å². The zero-order valence-corrected chi connectivity index (χ0v) is 16.8. The Morgan fingerprint density at radius 2 is 1.79 bits per heavy atom. The Labute approximate surface area is 167 Å². The van der Waals surface area contributed by atoms with Crippen LogP contribution in [0.25, 0.3) is 0 Å². The van der Waals surface area contributed by atoms with Crippen molar-refractivity contribution in [3.63, 3.8) is 0 Å². The first-order chi connectivity index (χ1) is 13.7. The van der Waals surface area contributed by atoms with Crippen molar-refractivity contribution in [3.8, 4) is 5.75 Å². The van der Waals surface area contributed by atoms with Gasteiger partial charge < -0.3 is 20.3 Å². The second kappa shape index (κ2) is 10.3. The zero-order chi connectivity index (χ0) is 19.8. The van der Waals surface area contributed by atoms with Gasteiger partial charge in [0.1, 0.15) is 5.75 Å². The topological polar surface area (TPSA) is 73.9 Å². The number of hydrogen-bond acceptors (Lipinski definition) is 5. The molecule has 0 bridgehead atoms. The molecule has 28 heavy (non-hydrogen) atoms. The van der Waals surface area contributed by atoms with E-state index in [1.54, 1.807) is 7.11 Å². The van der Waals surface area contributed by atoms with Gasteiger partial charge in [-0.2, -0.15) is 0 Å². The van der Waals surface area contributed by atoms with Crippen LogP contribution in [0.2, 0.25) is 0 Å². The SMILES string of the molecule is COc1ccccc1N1CCN(CCCNC(=O)C(=O)NC2CCCC2)CC1.